The van der Waals surface area contributed by atoms with E-state index in [2.05, 4.69) is 9.88 Å². The number of nitrogens with zero attached hydrogens (tertiary/aromatic N) is 6. The van der Waals surface area contributed by atoms with Gasteiger partial charge < -0.3 is 24.9 Å². The molecular weight excluding hydrogens is 618 g/mol. The second kappa shape index (κ2) is 12.3. The van der Waals surface area contributed by atoms with Crippen molar-refractivity contribution in [1.82, 2.24) is 34.4 Å². The van der Waals surface area contributed by atoms with E-state index in [4.69, 9.17) is 20.4 Å². The van der Waals surface area contributed by atoms with Gasteiger partial charge in [-0.3, -0.25) is 14.6 Å². The molecule has 250 valence electrons. The predicted octanol–water partition coefficient (Wildman–Crippen LogP) is 4.80. The molecule has 2 aliphatic rings. The van der Waals surface area contributed by atoms with E-state index in [0.29, 0.717) is 53.0 Å². The van der Waals surface area contributed by atoms with Crippen molar-refractivity contribution in [3.05, 3.63) is 77.0 Å². The topological polar surface area (TPSA) is 124 Å². The first-order valence-corrected chi connectivity index (χ1v) is 16.1. The molecule has 48 heavy (non-hydrogen) atoms. The first kappa shape index (κ1) is 31.7. The van der Waals surface area contributed by atoms with Crippen LogP contribution >= 0.6 is 0 Å². The maximum atomic E-state index is 14.3. The fourth-order valence-corrected chi connectivity index (χ4v) is 6.50. The van der Waals surface area contributed by atoms with Crippen molar-refractivity contribution >= 4 is 33.9 Å². The molecule has 1 saturated heterocycles. The number of hydrogen-bond acceptors (Lipinski definition) is 7. The van der Waals surface area contributed by atoms with Crippen molar-refractivity contribution in [3.63, 3.8) is 0 Å². The zero-order chi connectivity index (χ0) is 33.9. The molecule has 11 nitrogen and oxygen atoms in total. The lowest BCUT2D eigenvalue weighted by Crippen LogP contribution is -2.55. The van der Waals surface area contributed by atoms with E-state index in [1.54, 1.807) is 37.2 Å². The highest BCUT2D eigenvalue weighted by molar-refractivity contribution is 6.00. The van der Waals surface area contributed by atoms with Crippen LogP contribution in [0.5, 0.6) is 5.75 Å². The fourth-order valence-electron chi connectivity index (χ4n) is 6.50. The highest BCUT2D eigenvalue weighted by Crippen LogP contribution is 2.38. The van der Waals surface area contributed by atoms with Gasteiger partial charge in [0.15, 0.2) is 5.82 Å². The third-order valence-corrected chi connectivity index (χ3v) is 9.39. The standard InChI is InChI=1S/C35H38F2N8O3/c1-19(39-34(46)30-24(36)6-5-7-25(30)37)26-11-10-21-15-28(44(32(21)40-26)17-20-8-9-20)33-41-27-14-22(16-29(48-4)31(27)43(33)3)35(47)45-18-23(38)12-13-42(45)2/h5-7,10-11,14-16,19-20,23H,8-9,12-13,17-18,38H2,1-4H3,(H,39,46)/t19-,23-/m1/s1. The summed E-state index contributed by atoms with van der Waals surface area (Å²) in [6, 6.07) is 11.9. The van der Waals surface area contributed by atoms with Gasteiger partial charge in [0, 0.05) is 44.2 Å². The number of nitrogens with two attached hydrogens (primary N) is 1. The summed E-state index contributed by atoms with van der Waals surface area (Å²) in [7, 11) is 5.38. The normalized spacial score (nSPS) is 17.6. The lowest BCUT2D eigenvalue weighted by molar-refractivity contribution is -0.0168. The van der Waals surface area contributed by atoms with E-state index in [1.165, 1.54) is 6.07 Å². The Balaban J connectivity index is 1.27. The number of fused-ring (bicyclic) bond motifs is 2. The van der Waals surface area contributed by atoms with Crippen molar-refractivity contribution in [2.24, 2.45) is 18.7 Å². The van der Waals surface area contributed by atoms with Gasteiger partial charge in [0.2, 0.25) is 0 Å². The Kier molecular flexibility index (Phi) is 8.12. The Morgan fingerprint density at radius 3 is 2.52 bits per heavy atom. The Labute approximate surface area is 276 Å². The van der Waals surface area contributed by atoms with Gasteiger partial charge in [0.05, 0.1) is 36.6 Å². The summed E-state index contributed by atoms with van der Waals surface area (Å²) >= 11 is 0. The number of carbonyl (C=O) groups is 2. The van der Waals surface area contributed by atoms with Crippen molar-refractivity contribution in [2.45, 2.75) is 44.8 Å². The van der Waals surface area contributed by atoms with Crippen LogP contribution in [-0.4, -0.2) is 74.2 Å². The highest BCUT2D eigenvalue weighted by atomic mass is 19.1. The molecule has 1 aliphatic heterocycles. The Morgan fingerprint density at radius 1 is 1.06 bits per heavy atom. The lowest BCUT2D eigenvalue weighted by Gasteiger charge is -2.38. The molecular formula is C35H38F2N8O3. The molecule has 0 radical (unpaired) electrons. The maximum absolute atomic E-state index is 14.3. The van der Waals surface area contributed by atoms with E-state index in [9.17, 15) is 18.4 Å². The summed E-state index contributed by atoms with van der Waals surface area (Å²) in [5.74, 6) is -1.17. The van der Waals surface area contributed by atoms with Gasteiger partial charge >= 0.3 is 0 Å². The number of amides is 2. The van der Waals surface area contributed by atoms with Gasteiger partial charge in [-0.05, 0) is 74.6 Å². The number of imidazole rings is 1. The average Bonchev–Trinajstić information content (AvgIpc) is 3.74. The van der Waals surface area contributed by atoms with Crippen molar-refractivity contribution < 1.29 is 23.1 Å². The van der Waals surface area contributed by atoms with Crippen LogP contribution < -0.4 is 15.8 Å². The molecule has 1 aliphatic carbocycles. The minimum atomic E-state index is -0.926. The van der Waals surface area contributed by atoms with Crippen LogP contribution in [-0.2, 0) is 13.6 Å². The van der Waals surface area contributed by atoms with E-state index >= 15 is 0 Å². The number of hydrazine groups is 1. The molecule has 1 saturated carbocycles. The average molecular weight is 657 g/mol. The molecule has 4 heterocycles. The van der Waals surface area contributed by atoms with E-state index < -0.39 is 29.1 Å². The van der Waals surface area contributed by atoms with Gasteiger partial charge in [-0.25, -0.2) is 23.8 Å². The number of nitrogens with one attached hydrogen (secondary N) is 1. The van der Waals surface area contributed by atoms with Gasteiger partial charge in [-0.15, -0.1) is 0 Å². The minimum absolute atomic E-state index is 0.0890. The van der Waals surface area contributed by atoms with Crippen LogP contribution in [0.2, 0.25) is 0 Å². The number of aryl methyl sites for hydroxylation is 1. The van der Waals surface area contributed by atoms with E-state index in [0.717, 1.165) is 54.5 Å². The number of rotatable bonds is 8. The predicted molar refractivity (Wildman–Crippen MR) is 177 cm³/mol. The summed E-state index contributed by atoms with van der Waals surface area (Å²) in [6.45, 7) is 3.58. The van der Waals surface area contributed by atoms with Crippen LogP contribution in [0.3, 0.4) is 0 Å². The largest absolute Gasteiger partial charge is 0.494 e. The molecule has 5 aromatic rings. The van der Waals surface area contributed by atoms with Gasteiger partial charge in [0.25, 0.3) is 11.8 Å². The second-order valence-electron chi connectivity index (χ2n) is 12.9. The number of pyridine rings is 1. The lowest BCUT2D eigenvalue weighted by atomic mass is 10.1. The molecule has 13 heteroatoms. The molecule has 0 unspecified atom stereocenters. The molecule has 2 aromatic carbocycles. The first-order chi connectivity index (χ1) is 23.0. The molecule has 2 atom stereocenters. The molecule has 3 N–H and O–H groups in total. The van der Waals surface area contributed by atoms with E-state index in [1.807, 2.05) is 35.8 Å². The van der Waals surface area contributed by atoms with Crippen molar-refractivity contribution in [3.8, 4) is 17.3 Å². The van der Waals surface area contributed by atoms with E-state index in [-0.39, 0.29) is 11.9 Å². The van der Waals surface area contributed by atoms with Crippen LogP contribution in [0.4, 0.5) is 8.78 Å². The van der Waals surface area contributed by atoms with Crippen LogP contribution in [0.15, 0.2) is 48.5 Å². The Morgan fingerprint density at radius 2 is 1.81 bits per heavy atom. The first-order valence-electron chi connectivity index (χ1n) is 16.1. The number of carbonyl (C=O) groups excluding carboxylic acids is 2. The Hall–Kier alpha value is -4.88. The third kappa shape index (κ3) is 5.66. The molecule has 0 bridgehead atoms. The summed E-state index contributed by atoms with van der Waals surface area (Å²) in [5.41, 5.74) is 9.50. The number of methoxy groups -OCH3 is 1. The van der Waals surface area contributed by atoms with Gasteiger partial charge in [-0.1, -0.05) is 6.07 Å². The number of halogens is 2. The highest BCUT2D eigenvalue weighted by Gasteiger charge is 2.30. The fraction of sp³-hybridized carbons (Fsp3) is 0.371. The second-order valence-corrected chi connectivity index (χ2v) is 12.9. The van der Waals surface area contributed by atoms with Gasteiger partial charge in [0.1, 0.15) is 34.1 Å². The number of aromatic nitrogens is 4. The molecule has 7 rings (SSSR count). The number of hydrogen-bond donors (Lipinski definition) is 2. The zero-order valence-corrected chi connectivity index (χ0v) is 27.3. The van der Waals surface area contributed by atoms with Crippen LogP contribution in [0, 0.1) is 17.6 Å². The third-order valence-electron chi connectivity index (χ3n) is 9.39. The molecule has 2 amide bonds. The Bertz CT molecular complexity index is 2050. The zero-order valence-electron chi connectivity index (χ0n) is 27.3. The summed E-state index contributed by atoms with van der Waals surface area (Å²) in [5, 5.41) is 7.14. The summed E-state index contributed by atoms with van der Waals surface area (Å²) < 4.78 is 38.5. The van der Waals surface area contributed by atoms with Crippen molar-refractivity contribution in [1.29, 1.82) is 0 Å². The molecule has 2 fully saturated rings. The quantitative estimate of drug-likeness (QED) is 0.246. The van der Waals surface area contributed by atoms with Crippen LogP contribution in [0.25, 0.3) is 33.6 Å². The number of ether oxygens (including phenoxy) is 1. The molecule has 3 aromatic heterocycles. The monoisotopic (exact) mass is 656 g/mol. The summed E-state index contributed by atoms with van der Waals surface area (Å²) in [4.78, 5) is 36.5. The number of benzene rings is 2. The van der Waals surface area contributed by atoms with Crippen molar-refractivity contribution in [2.75, 3.05) is 27.2 Å². The summed E-state index contributed by atoms with van der Waals surface area (Å²) in [6.07, 6.45) is 3.03. The van der Waals surface area contributed by atoms with Crippen LogP contribution in [0.1, 0.15) is 58.6 Å². The minimum Gasteiger partial charge on any atom is -0.494 e. The smallest absolute Gasteiger partial charge is 0.268 e. The maximum Gasteiger partial charge on any atom is 0.268 e. The molecule has 0 spiro atoms. The SMILES string of the molecule is COc1cc(C(=O)N2C[C@H](N)CCN2C)cc2nc(-c3cc4ccc([C@@H](C)NC(=O)c5c(F)cccc5F)nc4n3CC3CC3)n(C)c12. The van der Waals surface area contributed by atoms with Gasteiger partial charge in [-0.2, -0.15) is 0 Å².